The van der Waals surface area contributed by atoms with Gasteiger partial charge < -0.3 is 19.3 Å². The zero-order valence-electron chi connectivity index (χ0n) is 25.4. The van der Waals surface area contributed by atoms with Gasteiger partial charge >= 0.3 is 5.91 Å². The minimum atomic E-state index is -0.980. The van der Waals surface area contributed by atoms with Gasteiger partial charge in [-0.25, -0.2) is 0 Å². The predicted octanol–water partition coefficient (Wildman–Crippen LogP) is 6.89. The zero-order valence-corrected chi connectivity index (χ0v) is 27.0. The third kappa shape index (κ3) is 6.14. The number of thioether (sulfide) groups is 1. The molecule has 1 saturated heterocycles. The molecule has 0 radical (unpaired) electrons. The zero-order chi connectivity index (χ0) is 31.7. The molecule has 0 saturated carbocycles. The number of anilines is 1. The van der Waals surface area contributed by atoms with E-state index in [9.17, 15) is 14.7 Å². The minimum Gasteiger partial charge on any atom is -0.507 e. The van der Waals surface area contributed by atoms with E-state index in [1.165, 1.54) is 33.6 Å². The van der Waals surface area contributed by atoms with Crippen molar-refractivity contribution in [3.63, 3.8) is 0 Å². The molecule has 6 rings (SSSR count). The van der Waals surface area contributed by atoms with Gasteiger partial charge in [-0.2, -0.15) is 0 Å². The number of hydrogen-bond acceptors (Lipinski definition) is 10. The van der Waals surface area contributed by atoms with E-state index >= 15 is 0 Å². The molecule has 2 aliphatic heterocycles. The summed E-state index contributed by atoms with van der Waals surface area (Å²) in [6.45, 7) is 8.58. The largest absolute Gasteiger partial charge is 0.507 e. The molecule has 2 atom stereocenters. The Kier molecular flexibility index (Phi) is 8.82. The van der Waals surface area contributed by atoms with Crippen molar-refractivity contribution in [2.75, 3.05) is 18.1 Å². The van der Waals surface area contributed by atoms with E-state index in [4.69, 9.17) is 14.2 Å². The molecule has 2 aliphatic rings. The monoisotopic (exact) mass is 643 g/mol. The van der Waals surface area contributed by atoms with Gasteiger partial charge in [0.15, 0.2) is 15.8 Å². The summed E-state index contributed by atoms with van der Waals surface area (Å²) in [4.78, 5) is 28.8. The van der Waals surface area contributed by atoms with Gasteiger partial charge in [-0.3, -0.25) is 14.5 Å². The van der Waals surface area contributed by atoms with Gasteiger partial charge in [-0.1, -0.05) is 59.0 Å². The molecule has 3 heterocycles. The Morgan fingerprint density at radius 1 is 1.02 bits per heavy atom. The van der Waals surface area contributed by atoms with Crippen LogP contribution < -0.4 is 19.1 Å². The first-order valence-electron chi connectivity index (χ1n) is 14.8. The number of aliphatic hydroxyl groups is 1. The lowest BCUT2D eigenvalue weighted by atomic mass is 9.94. The van der Waals surface area contributed by atoms with Crippen molar-refractivity contribution in [1.29, 1.82) is 0 Å². The highest BCUT2D eigenvalue weighted by atomic mass is 32.2. The number of hydrogen-bond donors (Lipinski definition) is 1. The molecule has 1 aromatic heterocycles. The Hall–Kier alpha value is -4.35. The topological polar surface area (TPSA) is 111 Å². The lowest BCUT2D eigenvalue weighted by Gasteiger charge is -2.23. The first-order valence-corrected chi connectivity index (χ1v) is 16.6. The molecule has 1 N–H and O–H groups in total. The van der Waals surface area contributed by atoms with Crippen LogP contribution in [0.5, 0.6) is 17.2 Å². The normalized spacial score (nSPS) is 18.6. The first kappa shape index (κ1) is 30.7. The van der Waals surface area contributed by atoms with Gasteiger partial charge in [-0.05, 0) is 74.7 Å². The molecule has 0 bridgehead atoms. The standard InChI is InChI=1S/C34H33N3O6S2/c1-5-41-26-14-11-22(17-27(26)42-6-2)29-28(30(38)23-12-13-25-24(16-23)15-20(4)43-25)31(39)32(40)37(29)33-35-36-34(45-33)44-18-21-9-7-19(3)8-10-21/h7-14,16-17,20,29,38H,5-6,15,18H2,1-4H3/b30-28+/t20-,29-/m1/s1. The number of ketones is 1. The summed E-state index contributed by atoms with van der Waals surface area (Å²) in [5.41, 5.74) is 4.19. The van der Waals surface area contributed by atoms with E-state index < -0.39 is 17.7 Å². The molecule has 9 nitrogen and oxygen atoms in total. The summed E-state index contributed by atoms with van der Waals surface area (Å²) in [5.74, 6) is 0.559. The smallest absolute Gasteiger partial charge is 0.301 e. The summed E-state index contributed by atoms with van der Waals surface area (Å²) in [6.07, 6.45) is 0.692. The minimum absolute atomic E-state index is 0.0132. The van der Waals surface area contributed by atoms with E-state index in [0.29, 0.717) is 52.4 Å². The summed E-state index contributed by atoms with van der Waals surface area (Å²) in [6, 6.07) is 17.8. The van der Waals surface area contributed by atoms with Crippen molar-refractivity contribution in [1.82, 2.24) is 10.2 Å². The highest BCUT2D eigenvalue weighted by Crippen LogP contribution is 2.46. The SMILES string of the molecule is CCOc1ccc([C@@H]2/C(=C(\O)c3ccc4c(c3)C[C@@H](C)O4)C(=O)C(=O)N2c2nnc(SCc3ccc(C)cc3)s2)cc1OCC. The number of carbonyl (C=O) groups excluding carboxylic acids is 2. The number of rotatable bonds is 10. The highest BCUT2D eigenvalue weighted by Gasteiger charge is 2.48. The predicted molar refractivity (Wildman–Crippen MR) is 174 cm³/mol. The van der Waals surface area contributed by atoms with Gasteiger partial charge in [0.2, 0.25) is 5.13 Å². The van der Waals surface area contributed by atoms with E-state index in [2.05, 4.69) is 34.5 Å². The molecule has 0 aliphatic carbocycles. The average molecular weight is 644 g/mol. The number of fused-ring (bicyclic) bond motifs is 1. The Morgan fingerprint density at radius 2 is 1.78 bits per heavy atom. The molecule has 3 aromatic carbocycles. The van der Waals surface area contributed by atoms with Crippen LogP contribution >= 0.6 is 23.1 Å². The van der Waals surface area contributed by atoms with Crippen molar-refractivity contribution in [2.24, 2.45) is 0 Å². The van der Waals surface area contributed by atoms with Gasteiger partial charge in [0.25, 0.3) is 5.78 Å². The second-order valence-corrected chi connectivity index (χ2v) is 13.0. The van der Waals surface area contributed by atoms with E-state index in [1.54, 1.807) is 30.3 Å². The van der Waals surface area contributed by atoms with Crippen molar-refractivity contribution in [3.05, 3.63) is 94.1 Å². The molecule has 0 spiro atoms. The summed E-state index contributed by atoms with van der Waals surface area (Å²) in [5, 5.41) is 20.6. The first-order chi connectivity index (χ1) is 21.8. The molecule has 4 aromatic rings. The van der Waals surface area contributed by atoms with Crippen LogP contribution in [0.15, 0.2) is 70.6 Å². The molecule has 232 valence electrons. The number of carbonyl (C=O) groups is 2. The Balaban J connectivity index is 1.42. The van der Waals surface area contributed by atoms with Crippen molar-refractivity contribution in [3.8, 4) is 17.2 Å². The maximum Gasteiger partial charge on any atom is 0.301 e. The average Bonchev–Trinajstić information content (AvgIpc) is 3.72. The fourth-order valence-corrected chi connectivity index (χ4v) is 7.32. The number of ether oxygens (including phenoxy) is 3. The summed E-state index contributed by atoms with van der Waals surface area (Å²) in [7, 11) is 0. The number of aliphatic hydroxyl groups excluding tert-OH is 1. The Labute approximate surface area is 269 Å². The van der Waals surface area contributed by atoms with Crippen LogP contribution in [-0.2, 0) is 21.8 Å². The lowest BCUT2D eigenvalue weighted by Crippen LogP contribution is -2.29. The van der Waals surface area contributed by atoms with E-state index in [1.807, 2.05) is 33.8 Å². The van der Waals surface area contributed by atoms with Crippen LogP contribution in [-0.4, -0.2) is 46.3 Å². The Bertz CT molecular complexity index is 1780. The van der Waals surface area contributed by atoms with Gasteiger partial charge in [0.1, 0.15) is 17.6 Å². The van der Waals surface area contributed by atoms with Gasteiger partial charge in [-0.15, -0.1) is 10.2 Å². The van der Waals surface area contributed by atoms with E-state index in [0.717, 1.165) is 16.9 Å². The molecule has 0 unspecified atom stereocenters. The number of aryl methyl sites for hydroxylation is 1. The number of benzene rings is 3. The quantitative estimate of drug-likeness (QED) is 0.0650. The second-order valence-electron chi connectivity index (χ2n) is 10.8. The molecule has 11 heteroatoms. The van der Waals surface area contributed by atoms with Crippen LogP contribution in [0.4, 0.5) is 5.13 Å². The lowest BCUT2D eigenvalue weighted by molar-refractivity contribution is -0.132. The van der Waals surface area contributed by atoms with Crippen molar-refractivity contribution >= 4 is 45.7 Å². The third-order valence-corrected chi connectivity index (χ3v) is 9.71. The fraction of sp³-hybridized carbons (Fsp3) is 0.294. The van der Waals surface area contributed by atoms with Crippen molar-refractivity contribution in [2.45, 2.75) is 56.4 Å². The van der Waals surface area contributed by atoms with Crippen LogP contribution in [0.1, 0.15) is 54.6 Å². The van der Waals surface area contributed by atoms with Crippen LogP contribution in [0.2, 0.25) is 0 Å². The highest BCUT2D eigenvalue weighted by molar-refractivity contribution is 8.00. The second kappa shape index (κ2) is 12.9. The van der Waals surface area contributed by atoms with Crippen molar-refractivity contribution < 1.29 is 28.9 Å². The number of amides is 1. The van der Waals surface area contributed by atoms with Crippen LogP contribution in [0.25, 0.3) is 5.76 Å². The molecule has 1 amide bonds. The maximum atomic E-state index is 13.8. The third-order valence-electron chi connectivity index (χ3n) is 7.58. The number of Topliss-reactive ketones (excluding diaryl/α,β-unsaturated/α-hetero) is 1. The van der Waals surface area contributed by atoms with Gasteiger partial charge in [0, 0.05) is 17.7 Å². The number of aromatic nitrogens is 2. The number of nitrogens with zero attached hydrogens (tertiary/aromatic N) is 3. The van der Waals surface area contributed by atoms with E-state index in [-0.39, 0.29) is 22.6 Å². The van der Waals surface area contributed by atoms with Crippen LogP contribution in [0.3, 0.4) is 0 Å². The molecule has 45 heavy (non-hydrogen) atoms. The van der Waals surface area contributed by atoms with Gasteiger partial charge in [0.05, 0.1) is 24.8 Å². The van der Waals surface area contributed by atoms with Crippen LogP contribution in [0, 0.1) is 6.92 Å². The molecule has 1 fully saturated rings. The Morgan fingerprint density at radius 3 is 2.53 bits per heavy atom. The maximum absolute atomic E-state index is 13.8. The fourth-order valence-electron chi connectivity index (χ4n) is 5.50. The molecular formula is C34H33N3O6S2. The molecular weight excluding hydrogens is 611 g/mol. The summed E-state index contributed by atoms with van der Waals surface area (Å²) < 4.78 is 18.1. The summed E-state index contributed by atoms with van der Waals surface area (Å²) >= 11 is 2.73.